The van der Waals surface area contributed by atoms with Gasteiger partial charge in [0.05, 0.1) is 0 Å². The molecule has 0 radical (unpaired) electrons. The van der Waals surface area contributed by atoms with Crippen molar-refractivity contribution in [3.63, 3.8) is 0 Å². The molecular weight excluding hydrogens is 270 g/mol. The Morgan fingerprint density at radius 3 is 2.60 bits per heavy atom. The van der Waals surface area contributed by atoms with Crippen molar-refractivity contribution in [2.75, 3.05) is 11.6 Å². The number of thioether (sulfide) groups is 1. The first-order valence-corrected chi connectivity index (χ1v) is 7.65. The van der Waals surface area contributed by atoms with Gasteiger partial charge in [0.15, 0.2) is 0 Å². The molecule has 0 unspecified atom stereocenters. The number of benzene rings is 2. The van der Waals surface area contributed by atoms with E-state index in [1.165, 1.54) is 5.56 Å². The number of rotatable bonds is 4. The van der Waals surface area contributed by atoms with Crippen molar-refractivity contribution in [2.24, 2.45) is 0 Å². The van der Waals surface area contributed by atoms with Gasteiger partial charge in [0, 0.05) is 10.6 Å². The van der Waals surface area contributed by atoms with E-state index in [2.05, 4.69) is 12.2 Å². The summed E-state index contributed by atoms with van der Waals surface area (Å²) in [7, 11) is 0. The van der Waals surface area contributed by atoms with Crippen molar-refractivity contribution in [1.29, 1.82) is 0 Å². The van der Waals surface area contributed by atoms with Crippen LogP contribution in [-0.4, -0.2) is 12.3 Å². The van der Waals surface area contributed by atoms with Crippen LogP contribution < -0.4 is 10.1 Å². The first-order chi connectivity index (χ1) is 9.71. The Morgan fingerprint density at radius 2 is 1.95 bits per heavy atom. The minimum atomic E-state index is -0.477. The zero-order valence-electron chi connectivity index (χ0n) is 11.6. The first kappa shape index (κ1) is 14.5. The van der Waals surface area contributed by atoms with E-state index in [-0.39, 0.29) is 0 Å². The molecule has 3 nitrogen and oxygen atoms in total. The molecule has 1 amide bonds. The quantitative estimate of drug-likeness (QED) is 0.836. The summed E-state index contributed by atoms with van der Waals surface area (Å²) in [5, 5.41) is 2.73. The fourth-order valence-electron chi connectivity index (χ4n) is 1.76. The summed E-state index contributed by atoms with van der Waals surface area (Å²) >= 11 is 1.65. The van der Waals surface area contributed by atoms with E-state index in [4.69, 9.17) is 4.74 Å². The standard InChI is InChI=1S/C16H17NO2S/c1-3-12-5-4-6-13(11-12)17-16(18)19-14-7-9-15(20-2)10-8-14/h4-11H,3H2,1-2H3,(H,17,18). The van der Waals surface area contributed by atoms with E-state index in [9.17, 15) is 4.79 Å². The fourth-order valence-corrected chi connectivity index (χ4v) is 2.17. The molecule has 0 heterocycles. The van der Waals surface area contributed by atoms with Gasteiger partial charge in [-0.15, -0.1) is 11.8 Å². The maximum atomic E-state index is 11.8. The predicted molar refractivity (Wildman–Crippen MR) is 83.7 cm³/mol. The van der Waals surface area contributed by atoms with E-state index >= 15 is 0 Å². The number of amides is 1. The van der Waals surface area contributed by atoms with Gasteiger partial charge in [0.1, 0.15) is 5.75 Å². The zero-order chi connectivity index (χ0) is 14.4. The number of hydrogen-bond acceptors (Lipinski definition) is 3. The number of aryl methyl sites for hydroxylation is 1. The highest BCUT2D eigenvalue weighted by Gasteiger charge is 2.05. The van der Waals surface area contributed by atoms with Gasteiger partial charge in [0.25, 0.3) is 0 Å². The lowest BCUT2D eigenvalue weighted by Crippen LogP contribution is -2.16. The van der Waals surface area contributed by atoms with Crippen molar-refractivity contribution in [1.82, 2.24) is 0 Å². The maximum Gasteiger partial charge on any atom is 0.417 e. The summed E-state index contributed by atoms with van der Waals surface area (Å²) < 4.78 is 5.23. The Hall–Kier alpha value is -1.94. The molecule has 2 aromatic carbocycles. The summed E-state index contributed by atoms with van der Waals surface area (Å²) in [5.74, 6) is 0.534. The topological polar surface area (TPSA) is 38.3 Å². The lowest BCUT2D eigenvalue weighted by molar-refractivity contribution is 0.215. The minimum Gasteiger partial charge on any atom is -0.410 e. The number of anilines is 1. The van der Waals surface area contributed by atoms with Gasteiger partial charge in [-0.1, -0.05) is 19.1 Å². The Balaban J connectivity index is 1.97. The SMILES string of the molecule is CCc1cccc(NC(=O)Oc2ccc(SC)cc2)c1. The number of carbonyl (C=O) groups excluding carboxylic acids is 1. The van der Waals surface area contributed by atoms with Gasteiger partial charge >= 0.3 is 6.09 Å². The van der Waals surface area contributed by atoms with Crippen molar-refractivity contribution >= 4 is 23.5 Å². The molecule has 0 bridgehead atoms. The van der Waals surface area contributed by atoms with Crippen LogP contribution >= 0.6 is 11.8 Å². The Labute approximate surface area is 123 Å². The molecule has 2 aromatic rings. The molecule has 0 aromatic heterocycles. The van der Waals surface area contributed by atoms with Crippen LogP contribution in [-0.2, 0) is 6.42 Å². The second kappa shape index (κ2) is 7.01. The molecule has 0 atom stereocenters. The van der Waals surface area contributed by atoms with Crippen molar-refractivity contribution < 1.29 is 9.53 Å². The lowest BCUT2D eigenvalue weighted by Gasteiger charge is -2.08. The second-order valence-corrected chi connectivity index (χ2v) is 5.12. The van der Waals surface area contributed by atoms with Gasteiger partial charge in [0.2, 0.25) is 0 Å². The third-order valence-electron chi connectivity index (χ3n) is 2.85. The van der Waals surface area contributed by atoms with Crippen LogP contribution in [0.25, 0.3) is 0 Å². The molecule has 2 rings (SSSR count). The average Bonchev–Trinajstić information content (AvgIpc) is 2.48. The summed E-state index contributed by atoms with van der Waals surface area (Å²) in [4.78, 5) is 12.9. The fraction of sp³-hybridized carbons (Fsp3) is 0.188. The van der Waals surface area contributed by atoms with E-state index in [0.717, 1.165) is 17.0 Å². The van der Waals surface area contributed by atoms with Crippen molar-refractivity contribution in [2.45, 2.75) is 18.2 Å². The molecule has 1 N–H and O–H groups in total. The zero-order valence-corrected chi connectivity index (χ0v) is 12.4. The smallest absolute Gasteiger partial charge is 0.410 e. The van der Waals surface area contributed by atoms with Gasteiger partial charge in [-0.3, -0.25) is 5.32 Å². The number of nitrogens with one attached hydrogen (secondary N) is 1. The molecule has 0 aliphatic rings. The molecule has 0 saturated carbocycles. The Kier molecular flexibility index (Phi) is 5.07. The normalized spacial score (nSPS) is 10.1. The third kappa shape index (κ3) is 4.03. The monoisotopic (exact) mass is 287 g/mol. The molecule has 0 aliphatic heterocycles. The van der Waals surface area contributed by atoms with Crippen LogP contribution in [0.4, 0.5) is 10.5 Å². The Morgan fingerprint density at radius 1 is 1.20 bits per heavy atom. The van der Waals surface area contributed by atoms with Crippen molar-refractivity contribution in [3.05, 3.63) is 54.1 Å². The van der Waals surface area contributed by atoms with Crippen LogP contribution in [0.15, 0.2) is 53.4 Å². The van der Waals surface area contributed by atoms with Gasteiger partial charge in [-0.05, 0) is 54.6 Å². The number of carbonyl (C=O) groups is 1. The average molecular weight is 287 g/mol. The van der Waals surface area contributed by atoms with Crippen LogP contribution in [0.3, 0.4) is 0 Å². The highest BCUT2D eigenvalue weighted by atomic mass is 32.2. The third-order valence-corrected chi connectivity index (χ3v) is 3.60. The molecule has 104 valence electrons. The highest BCUT2D eigenvalue weighted by Crippen LogP contribution is 2.19. The molecule has 4 heteroatoms. The lowest BCUT2D eigenvalue weighted by atomic mass is 10.1. The number of ether oxygens (including phenoxy) is 1. The Bertz CT molecular complexity index is 581. The maximum absolute atomic E-state index is 11.8. The van der Waals surface area contributed by atoms with E-state index < -0.39 is 6.09 Å². The van der Waals surface area contributed by atoms with Crippen LogP contribution in [0.5, 0.6) is 5.75 Å². The van der Waals surface area contributed by atoms with Crippen molar-refractivity contribution in [3.8, 4) is 5.75 Å². The minimum absolute atomic E-state index is 0.477. The summed E-state index contributed by atoms with van der Waals surface area (Å²) in [6.45, 7) is 2.07. The van der Waals surface area contributed by atoms with Crippen LogP contribution in [0, 0.1) is 0 Å². The van der Waals surface area contributed by atoms with Gasteiger partial charge in [-0.25, -0.2) is 4.79 Å². The van der Waals surface area contributed by atoms with Gasteiger partial charge in [-0.2, -0.15) is 0 Å². The molecule has 20 heavy (non-hydrogen) atoms. The molecule has 0 saturated heterocycles. The largest absolute Gasteiger partial charge is 0.417 e. The van der Waals surface area contributed by atoms with E-state index in [1.54, 1.807) is 23.9 Å². The molecule has 0 fully saturated rings. The summed E-state index contributed by atoms with van der Waals surface area (Å²) in [5.41, 5.74) is 1.92. The number of hydrogen-bond donors (Lipinski definition) is 1. The second-order valence-electron chi connectivity index (χ2n) is 4.24. The van der Waals surface area contributed by atoms with E-state index in [1.807, 2.05) is 42.7 Å². The highest BCUT2D eigenvalue weighted by molar-refractivity contribution is 7.98. The molecule has 0 aliphatic carbocycles. The predicted octanol–water partition coefficient (Wildman–Crippen LogP) is 4.58. The van der Waals surface area contributed by atoms with E-state index in [0.29, 0.717) is 5.75 Å². The van der Waals surface area contributed by atoms with Crippen LogP contribution in [0.1, 0.15) is 12.5 Å². The summed E-state index contributed by atoms with van der Waals surface area (Å²) in [6.07, 6.45) is 2.46. The molecule has 0 spiro atoms. The first-order valence-electron chi connectivity index (χ1n) is 6.43. The molecular formula is C16H17NO2S. The van der Waals surface area contributed by atoms with Crippen LogP contribution in [0.2, 0.25) is 0 Å². The summed E-state index contributed by atoms with van der Waals surface area (Å²) in [6, 6.07) is 15.1. The van der Waals surface area contributed by atoms with Gasteiger partial charge < -0.3 is 4.74 Å².